The summed E-state index contributed by atoms with van der Waals surface area (Å²) < 4.78 is 0. The fourth-order valence-corrected chi connectivity index (χ4v) is 1.15. The Kier molecular flexibility index (Phi) is 7.62. The minimum absolute atomic E-state index is 0.140. The summed E-state index contributed by atoms with van der Waals surface area (Å²) in [5, 5.41) is 17.8. The summed E-state index contributed by atoms with van der Waals surface area (Å²) in [4.78, 5) is 10.7. The van der Waals surface area contributed by atoms with Gasteiger partial charge in [0.25, 0.3) is 0 Å². The first kappa shape index (κ1) is 16.0. The summed E-state index contributed by atoms with van der Waals surface area (Å²) in [5.41, 5.74) is 5.28. The largest absolute Gasteiger partial charge is 0.488 e. The van der Waals surface area contributed by atoms with Crippen LogP contribution in [0, 0.1) is 0 Å². The number of hydrogen-bond acceptors (Lipinski definition) is 3. The van der Waals surface area contributed by atoms with E-state index < -0.39 is 13.0 Å². The lowest BCUT2D eigenvalue weighted by atomic mass is 9.79. The van der Waals surface area contributed by atoms with Gasteiger partial charge in [0.05, 0.1) is 0 Å². The first-order chi connectivity index (χ1) is 7.92. The van der Waals surface area contributed by atoms with Crippen molar-refractivity contribution >= 4 is 30.1 Å². The van der Waals surface area contributed by atoms with Crippen LogP contribution in [0.5, 0.6) is 0 Å². The highest BCUT2D eigenvalue weighted by molar-refractivity contribution is 6.59. The Balaban J connectivity index is 0.000000557. The van der Waals surface area contributed by atoms with Crippen molar-refractivity contribution < 1.29 is 14.8 Å². The monoisotopic (exact) mass is 257 g/mol. The van der Waals surface area contributed by atoms with Crippen LogP contribution in [0.15, 0.2) is 18.2 Å². The number of benzene rings is 1. The van der Waals surface area contributed by atoms with E-state index in [-0.39, 0.29) is 16.0 Å². The minimum atomic E-state index is -1.66. The van der Waals surface area contributed by atoms with E-state index in [9.17, 15) is 4.79 Å². The van der Waals surface area contributed by atoms with Crippen LogP contribution in [-0.4, -0.2) is 23.1 Å². The van der Waals surface area contributed by atoms with Gasteiger partial charge in [-0.2, -0.15) is 0 Å². The zero-order valence-electron chi connectivity index (χ0n) is 9.98. The quantitative estimate of drug-likeness (QED) is 0.704. The van der Waals surface area contributed by atoms with Crippen LogP contribution < -0.4 is 11.2 Å². The van der Waals surface area contributed by atoms with E-state index in [0.717, 1.165) is 0 Å². The predicted octanol–water partition coefficient (Wildman–Crippen LogP) is 0.925. The molecule has 1 aromatic rings. The summed E-state index contributed by atoms with van der Waals surface area (Å²) >= 11 is 5.61. The zero-order valence-corrected chi connectivity index (χ0v) is 10.7. The highest BCUT2D eigenvalue weighted by Gasteiger charge is 2.13. The van der Waals surface area contributed by atoms with Gasteiger partial charge in [-0.1, -0.05) is 38.3 Å². The summed E-state index contributed by atoms with van der Waals surface area (Å²) in [6.07, 6.45) is 2.64. The van der Waals surface area contributed by atoms with Gasteiger partial charge < -0.3 is 15.8 Å². The molecule has 0 aliphatic carbocycles. The third-order valence-corrected chi connectivity index (χ3v) is 2.22. The van der Waals surface area contributed by atoms with Gasteiger partial charge in [-0.15, -0.1) is 0 Å². The maximum Gasteiger partial charge on any atom is 0.488 e. The van der Waals surface area contributed by atoms with Crippen LogP contribution in [0.2, 0.25) is 5.02 Å². The van der Waals surface area contributed by atoms with Crippen molar-refractivity contribution in [1.29, 1.82) is 0 Å². The molecule has 17 heavy (non-hydrogen) atoms. The molecular formula is C11H17BClNO3. The molecule has 0 atom stereocenters. The molecule has 1 aromatic carbocycles. The number of hydrogen-bond donors (Lipinski definition) is 3. The molecule has 0 aliphatic rings. The van der Waals surface area contributed by atoms with E-state index in [1.54, 1.807) is 0 Å². The molecule has 94 valence electrons. The van der Waals surface area contributed by atoms with E-state index in [0.29, 0.717) is 0 Å². The number of rotatable bonds is 3. The topological polar surface area (TPSA) is 83.6 Å². The molecule has 0 bridgehead atoms. The number of carbonyl (C=O) groups is 1. The second kappa shape index (κ2) is 8.11. The van der Waals surface area contributed by atoms with Gasteiger partial charge in [0.15, 0.2) is 0 Å². The molecule has 4 N–H and O–H groups in total. The second-order valence-electron chi connectivity index (χ2n) is 3.51. The maximum atomic E-state index is 10.7. The van der Waals surface area contributed by atoms with Gasteiger partial charge in [-0.3, -0.25) is 4.79 Å². The van der Waals surface area contributed by atoms with Gasteiger partial charge in [0.2, 0.25) is 5.91 Å². The number of carbonyl (C=O) groups excluding carboxylic acids is 1. The average molecular weight is 258 g/mol. The van der Waals surface area contributed by atoms with Crippen molar-refractivity contribution in [3.63, 3.8) is 0 Å². The summed E-state index contributed by atoms with van der Waals surface area (Å²) in [7, 11) is -1.66. The predicted molar refractivity (Wildman–Crippen MR) is 70.4 cm³/mol. The Morgan fingerprint density at radius 3 is 2.18 bits per heavy atom. The Morgan fingerprint density at radius 1 is 1.29 bits per heavy atom. The molecule has 6 heteroatoms. The van der Waals surface area contributed by atoms with Crippen molar-refractivity contribution in [3.05, 3.63) is 28.8 Å². The fraction of sp³-hybridized carbons (Fsp3) is 0.364. The summed E-state index contributed by atoms with van der Waals surface area (Å²) in [6, 6.07) is 3.98. The number of nitrogens with two attached hydrogens (primary N) is 1. The lowest BCUT2D eigenvalue weighted by Gasteiger charge is -2.02. The Bertz CT molecular complexity index is 370. The van der Waals surface area contributed by atoms with Crippen LogP contribution in [0.25, 0.3) is 0 Å². The highest BCUT2D eigenvalue weighted by atomic mass is 35.5. The second-order valence-corrected chi connectivity index (χ2v) is 3.95. The van der Waals surface area contributed by atoms with Gasteiger partial charge in [0, 0.05) is 10.6 Å². The van der Waals surface area contributed by atoms with Crippen LogP contribution in [0.1, 0.15) is 37.0 Å². The maximum absolute atomic E-state index is 10.7. The Labute approximate surface area is 107 Å². The number of halogens is 1. The average Bonchev–Trinajstić information content (AvgIpc) is 2.28. The fourth-order valence-electron chi connectivity index (χ4n) is 0.904. The molecule has 1 rings (SSSR count). The smallest absolute Gasteiger partial charge is 0.423 e. The van der Waals surface area contributed by atoms with E-state index >= 15 is 0 Å². The molecule has 4 nitrogen and oxygen atoms in total. The number of unbranched alkanes of at least 4 members (excludes halogenated alkanes) is 1. The third kappa shape index (κ3) is 6.31. The molecule has 0 spiro atoms. The Hall–Kier alpha value is -1.04. The van der Waals surface area contributed by atoms with Crippen molar-refractivity contribution in [2.24, 2.45) is 5.73 Å². The van der Waals surface area contributed by atoms with Gasteiger partial charge in [-0.25, -0.2) is 0 Å². The normalized spacial score (nSPS) is 9.24. The molecule has 1 amide bonds. The van der Waals surface area contributed by atoms with Crippen molar-refractivity contribution in [1.82, 2.24) is 0 Å². The SMILES string of the molecule is CCCC.NC(=O)c1cc(Cl)cc(B(O)O)c1. The van der Waals surface area contributed by atoms with E-state index in [2.05, 4.69) is 13.8 Å². The van der Waals surface area contributed by atoms with Crippen molar-refractivity contribution in [3.8, 4) is 0 Å². The van der Waals surface area contributed by atoms with Gasteiger partial charge >= 0.3 is 7.12 Å². The van der Waals surface area contributed by atoms with E-state index in [1.807, 2.05) is 0 Å². The molecule has 0 unspecified atom stereocenters. The summed E-state index contributed by atoms with van der Waals surface area (Å²) in [6.45, 7) is 4.36. The van der Waals surface area contributed by atoms with Crippen molar-refractivity contribution in [2.75, 3.05) is 0 Å². The highest BCUT2D eigenvalue weighted by Crippen LogP contribution is 2.08. The lowest BCUT2D eigenvalue weighted by molar-refractivity contribution is 0.100. The molecule has 0 radical (unpaired) electrons. The van der Waals surface area contributed by atoms with Gasteiger partial charge in [-0.05, 0) is 23.7 Å². The molecule has 0 aromatic heterocycles. The molecule has 0 fully saturated rings. The minimum Gasteiger partial charge on any atom is -0.423 e. The van der Waals surface area contributed by atoms with Gasteiger partial charge in [0.1, 0.15) is 0 Å². The first-order valence-electron chi connectivity index (χ1n) is 5.38. The van der Waals surface area contributed by atoms with E-state index in [4.69, 9.17) is 27.4 Å². The van der Waals surface area contributed by atoms with Crippen LogP contribution in [0.4, 0.5) is 0 Å². The lowest BCUT2D eigenvalue weighted by Crippen LogP contribution is -2.31. The summed E-state index contributed by atoms with van der Waals surface area (Å²) in [5.74, 6) is -0.663. The number of amides is 1. The van der Waals surface area contributed by atoms with Crippen LogP contribution in [0.3, 0.4) is 0 Å². The first-order valence-corrected chi connectivity index (χ1v) is 5.76. The van der Waals surface area contributed by atoms with Crippen LogP contribution >= 0.6 is 11.6 Å². The molecule has 0 heterocycles. The molecule has 0 aliphatic heterocycles. The Morgan fingerprint density at radius 2 is 1.82 bits per heavy atom. The van der Waals surface area contributed by atoms with Crippen molar-refractivity contribution in [2.45, 2.75) is 26.7 Å². The van der Waals surface area contributed by atoms with Crippen LogP contribution in [-0.2, 0) is 0 Å². The number of primary amides is 1. The zero-order chi connectivity index (χ0) is 13.4. The third-order valence-electron chi connectivity index (χ3n) is 2.00. The molecular weight excluding hydrogens is 240 g/mol. The molecule has 0 saturated carbocycles. The molecule has 0 saturated heterocycles. The van der Waals surface area contributed by atoms with E-state index in [1.165, 1.54) is 31.0 Å². The standard InChI is InChI=1S/C7H7BClNO3.C4H10/c9-6-2-4(7(10)11)1-5(3-6)8(12)13;1-3-4-2/h1-3,12-13H,(H2,10,11);3-4H2,1-2H3.